The lowest BCUT2D eigenvalue weighted by molar-refractivity contribution is 0.298. The maximum atomic E-state index is 13.0. The molecule has 0 aromatic carbocycles. The Hall–Kier alpha value is -0.900. The van der Waals surface area contributed by atoms with Crippen LogP contribution in [0.3, 0.4) is 0 Å². The molecule has 0 spiro atoms. The second-order valence-electron chi connectivity index (χ2n) is 3.16. The Labute approximate surface area is 77.7 Å². The average molecular weight is 185 g/mol. The smallest absolute Gasteiger partial charge is 0.102 e. The predicted molar refractivity (Wildman–Crippen MR) is 50.1 cm³/mol. The van der Waals surface area contributed by atoms with Crippen LogP contribution in [0.25, 0.3) is 0 Å². The largest absolute Gasteiger partial charge is 0.330 e. The van der Waals surface area contributed by atoms with Crippen molar-refractivity contribution >= 4 is 0 Å². The van der Waals surface area contributed by atoms with Crippen molar-refractivity contribution in [2.24, 2.45) is 12.8 Å². The lowest BCUT2D eigenvalue weighted by Gasteiger charge is -2.06. The van der Waals surface area contributed by atoms with E-state index in [0.29, 0.717) is 19.4 Å². The van der Waals surface area contributed by atoms with Crippen LogP contribution in [0.15, 0.2) is 12.3 Å². The highest BCUT2D eigenvalue weighted by Gasteiger charge is 2.06. The molecule has 0 radical (unpaired) electrons. The molecule has 0 aliphatic rings. The van der Waals surface area contributed by atoms with Gasteiger partial charge in [-0.05, 0) is 31.9 Å². The monoisotopic (exact) mass is 185 g/mol. The van der Waals surface area contributed by atoms with E-state index in [1.807, 2.05) is 13.1 Å². The van der Waals surface area contributed by atoms with Crippen LogP contribution < -0.4 is 5.73 Å². The van der Waals surface area contributed by atoms with Gasteiger partial charge in [-0.25, -0.2) is 4.39 Å². The molecular weight excluding hydrogens is 169 g/mol. The molecular formula is C9H16FN3. The minimum Gasteiger partial charge on any atom is -0.330 e. The van der Waals surface area contributed by atoms with Crippen LogP contribution in [0.2, 0.25) is 0 Å². The molecule has 1 heterocycles. The summed E-state index contributed by atoms with van der Waals surface area (Å²) >= 11 is 0. The maximum Gasteiger partial charge on any atom is 0.102 e. The second-order valence-corrected chi connectivity index (χ2v) is 3.16. The van der Waals surface area contributed by atoms with E-state index in [2.05, 4.69) is 5.10 Å². The molecule has 0 saturated carbocycles. The van der Waals surface area contributed by atoms with Crippen molar-refractivity contribution in [3.63, 3.8) is 0 Å². The summed E-state index contributed by atoms with van der Waals surface area (Å²) < 4.78 is 14.8. The van der Waals surface area contributed by atoms with E-state index in [1.165, 1.54) is 0 Å². The summed E-state index contributed by atoms with van der Waals surface area (Å²) in [5.74, 6) is 0. The lowest BCUT2D eigenvalue weighted by atomic mass is 10.1. The predicted octanol–water partition coefficient (Wildman–Crippen LogP) is 1.04. The van der Waals surface area contributed by atoms with E-state index >= 15 is 0 Å². The molecule has 74 valence electrons. The summed E-state index contributed by atoms with van der Waals surface area (Å²) in [6, 6.07) is 1.91. The molecule has 3 nitrogen and oxygen atoms in total. The van der Waals surface area contributed by atoms with Crippen molar-refractivity contribution in [3.8, 4) is 0 Å². The Balaban J connectivity index is 2.30. The molecule has 0 bridgehead atoms. The molecule has 4 heteroatoms. The summed E-state index contributed by atoms with van der Waals surface area (Å²) in [6.45, 7) is 0.423. The van der Waals surface area contributed by atoms with Crippen LogP contribution in [-0.4, -0.2) is 22.5 Å². The van der Waals surface area contributed by atoms with E-state index in [4.69, 9.17) is 5.73 Å². The van der Waals surface area contributed by atoms with E-state index in [9.17, 15) is 4.39 Å². The summed E-state index contributed by atoms with van der Waals surface area (Å²) in [6.07, 6.45) is 2.68. The van der Waals surface area contributed by atoms with Crippen LogP contribution in [0.5, 0.6) is 0 Å². The van der Waals surface area contributed by atoms with Crippen LogP contribution in [-0.2, 0) is 13.5 Å². The highest BCUT2D eigenvalue weighted by Crippen LogP contribution is 2.08. The Morgan fingerprint density at radius 3 is 2.92 bits per heavy atom. The van der Waals surface area contributed by atoms with Crippen LogP contribution in [0.1, 0.15) is 18.5 Å². The van der Waals surface area contributed by atoms with Crippen molar-refractivity contribution in [3.05, 3.63) is 18.0 Å². The summed E-state index contributed by atoms with van der Waals surface area (Å²) in [5, 5.41) is 4.01. The van der Waals surface area contributed by atoms with E-state index in [-0.39, 0.29) is 0 Å². The number of hydrogen-bond donors (Lipinski definition) is 1. The Morgan fingerprint density at radius 1 is 1.62 bits per heavy atom. The first kappa shape index (κ1) is 10.2. The standard InChI is InChI=1S/C9H16FN3/c1-13-9(5-7-12-13)3-2-8(10)4-6-11/h5,7-8H,2-4,6,11H2,1H3. The zero-order valence-corrected chi connectivity index (χ0v) is 7.91. The number of nitrogens with zero attached hydrogens (tertiary/aromatic N) is 2. The van der Waals surface area contributed by atoms with Gasteiger partial charge in [0.2, 0.25) is 0 Å². The molecule has 1 atom stereocenters. The van der Waals surface area contributed by atoms with Gasteiger partial charge < -0.3 is 5.73 Å². The molecule has 0 aliphatic carbocycles. The quantitative estimate of drug-likeness (QED) is 0.744. The van der Waals surface area contributed by atoms with Gasteiger partial charge in [0, 0.05) is 18.9 Å². The van der Waals surface area contributed by atoms with Gasteiger partial charge in [0.1, 0.15) is 6.17 Å². The van der Waals surface area contributed by atoms with E-state index < -0.39 is 6.17 Å². The highest BCUT2D eigenvalue weighted by molar-refractivity contribution is 5.00. The first-order valence-corrected chi connectivity index (χ1v) is 4.55. The van der Waals surface area contributed by atoms with Crippen molar-refractivity contribution < 1.29 is 4.39 Å². The van der Waals surface area contributed by atoms with Gasteiger partial charge in [-0.15, -0.1) is 0 Å². The number of aromatic nitrogens is 2. The zero-order chi connectivity index (χ0) is 9.68. The molecule has 13 heavy (non-hydrogen) atoms. The topological polar surface area (TPSA) is 43.8 Å². The summed E-state index contributed by atoms with van der Waals surface area (Å²) in [5.41, 5.74) is 6.32. The molecule has 1 unspecified atom stereocenters. The van der Waals surface area contributed by atoms with E-state index in [0.717, 1.165) is 12.1 Å². The van der Waals surface area contributed by atoms with Gasteiger partial charge in [-0.1, -0.05) is 0 Å². The fourth-order valence-corrected chi connectivity index (χ4v) is 1.28. The third-order valence-electron chi connectivity index (χ3n) is 2.12. The minimum absolute atomic E-state index is 0.423. The Morgan fingerprint density at radius 2 is 2.38 bits per heavy atom. The molecule has 0 aliphatic heterocycles. The van der Waals surface area contributed by atoms with Gasteiger partial charge in [0.05, 0.1) is 0 Å². The average Bonchev–Trinajstić information content (AvgIpc) is 2.48. The minimum atomic E-state index is -0.778. The van der Waals surface area contributed by atoms with Gasteiger partial charge in [0.15, 0.2) is 0 Å². The second kappa shape index (κ2) is 4.97. The summed E-state index contributed by atoms with van der Waals surface area (Å²) in [4.78, 5) is 0. The molecule has 1 rings (SSSR count). The Bertz CT molecular complexity index is 247. The number of alkyl halides is 1. The Kier molecular flexibility index (Phi) is 3.89. The third-order valence-corrected chi connectivity index (χ3v) is 2.12. The first-order chi connectivity index (χ1) is 6.24. The van der Waals surface area contributed by atoms with Crippen molar-refractivity contribution in [2.75, 3.05) is 6.54 Å². The number of hydrogen-bond acceptors (Lipinski definition) is 2. The van der Waals surface area contributed by atoms with Crippen LogP contribution in [0, 0.1) is 0 Å². The van der Waals surface area contributed by atoms with E-state index in [1.54, 1.807) is 10.9 Å². The molecule has 2 N–H and O–H groups in total. The van der Waals surface area contributed by atoms with Crippen LogP contribution in [0.4, 0.5) is 4.39 Å². The molecule has 0 saturated heterocycles. The zero-order valence-electron chi connectivity index (χ0n) is 7.91. The number of nitrogens with two attached hydrogens (primary N) is 1. The molecule has 1 aromatic rings. The fourth-order valence-electron chi connectivity index (χ4n) is 1.28. The maximum absolute atomic E-state index is 13.0. The summed E-state index contributed by atoms with van der Waals surface area (Å²) in [7, 11) is 1.87. The molecule has 1 aromatic heterocycles. The van der Waals surface area contributed by atoms with Crippen LogP contribution >= 0.6 is 0 Å². The normalized spacial score (nSPS) is 13.2. The molecule has 0 amide bonds. The van der Waals surface area contributed by atoms with Crippen molar-refractivity contribution in [2.45, 2.75) is 25.4 Å². The van der Waals surface area contributed by atoms with Gasteiger partial charge in [0.25, 0.3) is 0 Å². The highest BCUT2D eigenvalue weighted by atomic mass is 19.1. The SMILES string of the molecule is Cn1nccc1CCC(F)CCN. The number of halogens is 1. The van der Waals surface area contributed by atoms with Crippen molar-refractivity contribution in [1.29, 1.82) is 0 Å². The first-order valence-electron chi connectivity index (χ1n) is 4.55. The van der Waals surface area contributed by atoms with Gasteiger partial charge >= 0.3 is 0 Å². The lowest BCUT2D eigenvalue weighted by Crippen LogP contribution is -2.11. The fraction of sp³-hybridized carbons (Fsp3) is 0.667. The number of aryl methyl sites for hydroxylation is 2. The number of rotatable bonds is 5. The van der Waals surface area contributed by atoms with Gasteiger partial charge in [-0.2, -0.15) is 5.10 Å². The van der Waals surface area contributed by atoms with Gasteiger partial charge in [-0.3, -0.25) is 4.68 Å². The van der Waals surface area contributed by atoms with Crippen molar-refractivity contribution in [1.82, 2.24) is 9.78 Å². The third kappa shape index (κ3) is 3.14. The molecule has 0 fully saturated rings.